The zero-order valence-corrected chi connectivity index (χ0v) is 15.1. The Bertz CT molecular complexity index is 641. The minimum Gasteiger partial charge on any atom is -0.493 e. The van der Waals surface area contributed by atoms with Crippen LogP contribution in [-0.2, 0) is 13.2 Å². The van der Waals surface area contributed by atoms with E-state index in [4.69, 9.17) is 9.47 Å². The van der Waals surface area contributed by atoms with Crippen LogP contribution in [0.25, 0.3) is 0 Å². The lowest BCUT2D eigenvalue weighted by Gasteiger charge is -2.14. The van der Waals surface area contributed by atoms with Gasteiger partial charge in [0.05, 0.1) is 7.11 Å². The van der Waals surface area contributed by atoms with Crippen LogP contribution in [0.3, 0.4) is 0 Å². The molecule has 2 rings (SSSR count). The van der Waals surface area contributed by atoms with Gasteiger partial charge in [-0.05, 0) is 44.3 Å². The lowest BCUT2D eigenvalue weighted by atomic mass is 10.1. The highest BCUT2D eigenvalue weighted by Gasteiger charge is 2.06. The first-order chi connectivity index (χ1) is 11.6. The third-order valence-electron chi connectivity index (χ3n) is 3.77. The zero-order valence-electron chi connectivity index (χ0n) is 15.1. The Balaban J connectivity index is 1.93. The van der Waals surface area contributed by atoms with Gasteiger partial charge < -0.3 is 19.7 Å². The average Bonchev–Trinajstić information content (AvgIpc) is 2.57. The van der Waals surface area contributed by atoms with Gasteiger partial charge in [-0.2, -0.15) is 0 Å². The van der Waals surface area contributed by atoms with Gasteiger partial charge in [0.2, 0.25) is 0 Å². The van der Waals surface area contributed by atoms with Gasteiger partial charge in [-0.25, -0.2) is 0 Å². The molecule has 0 aliphatic rings. The van der Waals surface area contributed by atoms with E-state index in [0.717, 1.165) is 36.7 Å². The minimum absolute atomic E-state index is 0.540. The van der Waals surface area contributed by atoms with E-state index in [9.17, 15) is 0 Å². The van der Waals surface area contributed by atoms with Gasteiger partial charge in [-0.15, -0.1) is 0 Å². The van der Waals surface area contributed by atoms with Crippen LogP contribution in [0, 0.1) is 6.92 Å². The van der Waals surface area contributed by atoms with Crippen LogP contribution in [0.1, 0.15) is 16.7 Å². The molecule has 0 aromatic heterocycles. The van der Waals surface area contributed by atoms with E-state index in [1.54, 1.807) is 7.11 Å². The van der Waals surface area contributed by atoms with Crippen LogP contribution in [0.5, 0.6) is 11.5 Å². The molecule has 0 radical (unpaired) electrons. The first kappa shape index (κ1) is 18.3. The normalized spacial score (nSPS) is 10.9. The molecule has 4 nitrogen and oxygen atoms in total. The number of hydrogen-bond acceptors (Lipinski definition) is 4. The molecule has 0 aliphatic carbocycles. The Kier molecular flexibility index (Phi) is 7.09. The summed E-state index contributed by atoms with van der Waals surface area (Å²) in [5.41, 5.74) is 3.59. The quantitative estimate of drug-likeness (QED) is 0.717. The van der Waals surface area contributed by atoms with Crippen molar-refractivity contribution in [3.8, 4) is 11.5 Å². The number of nitrogens with zero attached hydrogens (tertiary/aromatic N) is 1. The number of ether oxygens (including phenoxy) is 2. The van der Waals surface area contributed by atoms with Gasteiger partial charge in [-0.1, -0.05) is 35.9 Å². The molecule has 0 atom stereocenters. The SMILES string of the molecule is COc1cc(CNCCN(C)C)ccc1OCc1cccc(C)c1. The smallest absolute Gasteiger partial charge is 0.161 e. The van der Waals surface area contributed by atoms with Gasteiger partial charge >= 0.3 is 0 Å². The minimum atomic E-state index is 0.540. The summed E-state index contributed by atoms with van der Waals surface area (Å²) in [7, 11) is 5.83. The lowest BCUT2D eigenvalue weighted by molar-refractivity contribution is 0.284. The van der Waals surface area contributed by atoms with E-state index in [-0.39, 0.29) is 0 Å². The van der Waals surface area contributed by atoms with Gasteiger partial charge in [0.15, 0.2) is 11.5 Å². The molecule has 2 aromatic carbocycles. The molecule has 0 saturated carbocycles. The Hall–Kier alpha value is -2.04. The van der Waals surface area contributed by atoms with Crippen LogP contribution in [0.4, 0.5) is 0 Å². The number of hydrogen-bond donors (Lipinski definition) is 1. The molecule has 0 spiro atoms. The number of nitrogens with one attached hydrogen (secondary N) is 1. The van der Waals surface area contributed by atoms with E-state index >= 15 is 0 Å². The molecule has 0 saturated heterocycles. The summed E-state index contributed by atoms with van der Waals surface area (Å²) in [6.07, 6.45) is 0. The van der Waals surface area contributed by atoms with Crippen LogP contribution in [0.2, 0.25) is 0 Å². The maximum absolute atomic E-state index is 5.93. The molecule has 4 heteroatoms. The fourth-order valence-electron chi connectivity index (χ4n) is 2.44. The van der Waals surface area contributed by atoms with E-state index in [1.165, 1.54) is 11.1 Å². The van der Waals surface area contributed by atoms with Crippen molar-refractivity contribution in [3.63, 3.8) is 0 Å². The topological polar surface area (TPSA) is 33.7 Å². The van der Waals surface area contributed by atoms with E-state index in [0.29, 0.717) is 6.61 Å². The molecule has 0 heterocycles. The van der Waals surface area contributed by atoms with Crippen LogP contribution < -0.4 is 14.8 Å². The largest absolute Gasteiger partial charge is 0.493 e. The second kappa shape index (κ2) is 9.30. The number of methoxy groups -OCH3 is 1. The Labute approximate surface area is 145 Å². The average molecular weight is 328 g/mol. The first-order valence-corrected chi connectivity index (χ1v) is 8.29. The molecule has 24 heavy (non-hydrogen) atoms. The summed E-state index contributed by atoms with van der Waals surface area (Å²) >= 11 is 0. The van der Waals surface area contributed by atoms with Crippen LogP contribution >= 0.6 is 0 Å². The molecule has 0 amide bonds. The number of aryl methyl sites for hydroxylation is 1. The standard InChI is InChI=1S/C20H28N2O2/c1-16-6-5-7-18(12-16)15-24-19-9-8-17(13-20(19)23-4)14-21-10-11-22(2)3/h5-9,12-13,21H,10-11,14-15H2,1-4H3. The lowest BCUT2D eigenvalue weighted by Crippen LogP contribution is -2.26. The molecular formula is C20H28N2O2. The van der Waals surface area contributed by atoms with E-state index < -0.39 is 0 Å². The van der Waals surface area contributed by atoms with Gasteiger partial charge in [-0.3, -0.25) is 0 Å². The molecule has 1 N–H and O–H groups in total. The van der Waals surface area contributed by atoms with Gasteiger partial charge in [0, 0.05) is 19.6 Å². The molecule has 0 aliphatic heterocycles. The van der Waals surface area contributed by atoms with Crippen molar-refractivity contribution in [1.29, 1.82) is 0 Å². The second-order valence-corrected chi connectivity index (χ2v) is 6.24. The van der Waals surface area contributed by atoms with E-state index in [1.807, 2.05) is 18.2 Å². The maximum atomic E-state index is 5.93. The third-order valence-corrected chi connectivity index (χ3v) is 3.77. The highest BCUT2D eigenvalue weighted by Crippen LogP contribution is 2.28. The third kappa shape index (κ3) is 5.87. The summed E-state index contributed by atoms with van der Waals surface area (Å²) in [6.45, 7) is 5.43. The number of likely N-dealkylation sites (N-methyl/N-ethyl adjacent to an activating group) is 1. The summed E-state index contributed by atoms with van der Waals surface area (Å²) in [5.74, 6) is 1.55. The van der Waals surface area contributed by atoms with Crippen molar-refractivity contribution >= 4 is 0 Å². The Morgan fingerprint density at radius 2 is 1.83 bits per heavy atom. The monoisotopic (exact) mass is 328 g/mol. The van der Waals surface area contributed by atoms with Crippen molar-refractivity contribution in [3.05, 3.63) is 59.2 Å². The van der Waals surface area contributed by atoms with Crippen LogP contribution in [0.15, 0.2) is 42.5 Å². The van der Waals surface area contributed by atoms with Gasteiger partial charge in [0.25, 0.3) is 0 Å². The van der Waals surface area contributed by atoms with Crippen LogP contribution in [-0.4, -0.2) is 39.2 Å². The first-order valence-electron chi connectivity index (χ1n) is 8.29. The summed E-state index contributed by atoms with van der Waals surface area (Å²) < 4.78 is 11.4. The van der Waals surface area contributed by atoms with Crippen molar-refractivity contribution < 1.29 is 9.47 Å². The fraction of sp³-hybridized carbons (Fsp3) is 0.400. The Morgan fingerprint density at radius 3 is 2.54 bits per heavy atom. The van der Waals surface area contributed by atoms with Crippen molar-refractivity contribution in [2.75, 3.05) is 34.3 Å². The highest BCUT2D eigenvalue weighted by atomic mass is 16.5. The predicted octanol–water partition coefficient (Wildman–Crippen LogP) is 3.23. The number of rotatable bonds is 9. The van der Waals surface area contributed by atoms with Gasteiger partial charge in [0.1, 0.15) is 6.61 Å². The van der Waals surface area contributed by atoms with E-state index in [2.05, 4.69) is 55.5 Å². The molecule has 2 aromatic rings. The number of benzene rings is 2. The Morgan fingerprint density at radius 1 is 1.00 bits per heavy atom. The van der Waals surface area contributed by atoms with Crippen molar-refractivity contribution in [2.24, 2.45) is 0 Å². The fourth-order valence-corrected chi connectivity index (χ4v) is 2.44. The summed E-state index contributed by atoms with van der Waals surface area (Å²) in [6, 6.07) is 14.4. The predicted molar refractivity (Wildman–Crippen MR) is 98.8 cm³/mol. The second-order valence-electron chi connectivity index (χ2n) is 6.24. The molecule has 0 fully saturated rings. The highest BCUT2D eigenvalue weighted by molar-refractivity contribution is 5.43. The van der Waals surface area contributed by atoms with Crippen molar-refractivity contribution in [2.45, 2.75) is 20.1 Å². The molecular weight excluding hydrogens is 300 g/mol. The molecule has 130 valence electrons. The maximum Gasteiger partial charge on any atom is 0.161 e. The molecule has 0 bridgehead atoms. The van der Waals surface area contributed by atoms with Crippen molar-refractivity contribution in [1.82, 2.24) is 10.2 Å². The summed E-state index contributed by atoms with van der Waals surface area (Å²) in [5, 5.41) is 3.43. The molecule has 0 unspecified atom stereocenters. The summed E-state index contributed by atoms with van der Waals surface area (Å²) in [4.78, 5) is 2.16. The zero-order chi connectivity index (χ0) is 17.4.